The van der Waals surface area contributed by atoms with E-state index < -0.39 is 0 Å². The lowest BCUT2D eigenvalue weighted by Crippen LogP contribution is -2.45. The molecule has 15 heavy (non-hydrogen) atoms. The molecule has 1 fully saturated rings. The molecule has 1 atom stereocenters. The van der Waals surface area contributed by atoms with E-state index in [4.69, 9.17) is 0 Å². The molecule has 1 amide bonds. The summed E-state index contributed by atoms with van der Waals surface area (Å²) < 4.78 is 4.53. The zero-order valence-corrected chi connectivity index (χ0v) is 9.45. The van der Waals surface area contributed by atoms with E-state index in [2.05, 4.69) is 10.1 Å². The molecule has 0 radical (unpaired) electrons. The van der Waals surface area contributed by atoms with Gasteiger partial charge < -0.3 is 10.1 Å². The van der Waals surface area contributed by atoms with Crippen LogP contribution in [0.5, 0.6) is 0 Å². The van der Waals surface area contributed by atoms with Gasteiger partial charge in [-0.25, -0.2) is 0 Å². The van der Waals surface area contributed by atoms with Gasteiger partial charge in [0.25, 0.3) is 0 Å². The Hall–Kier alpha value is -1.10. The summed E-state index contributed by atoms with van der Waals surface area (Å²) in [6, 6.07) is 0.0520. The van der Waals surface area contributed by atoms with E-state index in [9.17, 15) is 9.59 Å². The van der Waals surface area contributed by atoms with Gasteiger partial charge in [-0.2, -0.15) is 0 Å². The van der Waals surface area contributed by atoms with E-state index in [0.717, 1.165) is 12.8 Å². The van der Waals surface area contributed by atoms with Crippen LogP contribution in [0.1, 0.15) is 19.8 Å². The molecule has 1 N–H and O–H groups in total. The highest BCUT2D eigenvalue weighted by Gasteiger charge is 2.27. The van der Waals surface area contributed by atoms with Crippen molar-refractivity contribution in [2.24, 2.45) is 0 Å². The van der Waals surface area contributed by atoms with Gasteiger partial charge in [-0.3, -0.25) is 14.5 Å². The predicted octanol–water partition coefficient (Wildman–Crippen LogP) is -0.242. The molecule has 0 aromatic heterocycles. The lowest BCUT2D eigenvalue weighted by Gasteiger charge is -2.22. The van der Waals surface area contributed by atoms with Crippen molar-refractivity contribution < 1.29 is 14.3 Å². The molecule has 1 unspecified atom stereocenters. The Morgan fingerprint density at radius 3 is 2.60 bits per heavy atom. The summed E-state index contributed by atoms with van der Waals surface area (Å²) in [6.07, 6.45) is 2.14. The minimum atomic E-state index is -0.330. The van der Waals surface area contributed by atoms with Crippen LogP contribution in [0.25, 0.3) is 0 Å². The van der Waals surface area contributed by atoms with Gasteiger partial charge in [0.15, 0.2) is 0 Å². The molecule has 0 aromatic carbocycles. The number of nitrogens with zero attached hydrogens (tertiary/aromatic N) is 1. The smallest absolute Gasteiger partial charge is 0.319 e. The van der Waals surface area contributed by atoms with Crippen molar-refractivity contribution in [1.82, 2.24) is 10.2 Å². The second-order valence-corrected chi connectivity index (χ2v) is 3.95. The molecule has 0 aromatic rings. The summed E-state index contributed by atoms with van der Waals surface area (Å²) in [5.74, 6) is -0.354. The van der Waals surface area contributed by atoms with Crippen LogP contribution in [0.15, 0.2) is 0 Å². The molecule has 0 bridgehead atoms. The number of ether oxygens (including phenoxy) is 1. The van der Waals surface area contributed by atoms with Crippen LogP contribution in [0.2, 0.25) is 0 Å². The van der Waals surface area contributed by atoms with Gasteiger partial charge in [-0.1, -0.05) is 0 Å². The topological polar surface area (TPSA) is 58.6 Å². The normalized spacial score (nSPS) is 17.3. The van der Waals surface area contributed by atoms with Crippen LogP contribution in [-0.4, -0.2) is 49.6 Å². The number of hydrogen-bond acceptors (Lipinski definition) is 4. The van der Waals surface area contributed by atoms with Crippen molar-refractivity contribution in [2.45, 2.75) is 31.8 Å². The van der Waals surface area contributed by atoms with Gasteiger partial charge in [-0.15, -0.1) is 0 Å². The zero-order chi connectivity index (χ0) is 11.4. The van der Waals surface area contributed by atoms with Crippen molar-refractivity contribution in [2.75, 3.05) is 20.7 Å². The van der Waals surface area contributed by atoms with Crippen LogP contribution in [0.4, 0.5) is 0 Å². The van der Waals surface area contributed by atoms with Crippen LogP contribution in [-0.2, 0) is 14.3 Å². The zero-order valence-electron chi connectivity index (χ0n) is 9.45. The number of likely N-dealkylation sites (N-methyl/N-ethyl adjacent to an activating group) is 1. The average Bonchev–Trinajstić information content (AvgIpc) is 2.99. The van der Waals surface area contributed by atoms with E-state index in [0.29, 0.717) is 6.04 Å². The lowest BCUT2D eigenvalue weighted by atomic mass is 10.2. The fraction of sp³-hybridized carbons (Fsp3) is 0.800. The largest absolute Gasteiger partial charge is 0.468 e. The first-order valence-corrected chi connectivity index (χ1v) is 5.12. The Bertz CT molecular complexity index is 251. The van der Waals surface area contributed by atoms with Gasteiger partial charge >= 0.3 is 5.97 Å². The quantitative estimate of drug-likeness (QED) is 0.642. The highest BCUT2D eigenvalue weighted by Crippen LogP contribution is 2.18. The van der Waals surface area contributed by atoms with Gasteiger partial charge in [0.1, 0.15) is 0 Å². The number of hydrogen-bond donors (Lipinski definition) is 1. The minimum Gasteiger partial charge on any atom is -0.468 e. The molecular weight excluding hydrogens is 196 g/mol. The third kappa shape index (κ3) is 3.87. The van der Waals surface area contributed by atoms with Crippen molar-refractivity contribution >= 4 is 11.9 Å². The summed E-state index contributed by atoms with van der Waals surface area (Å²) >= 11 is 0. The van der Waals surface area contributed by atoms with Gasteiger partial charge in [-0.05, 0) is 26.8 Å². The Balaban J connectivity index is 2.32. The molecular formula is C10H18N2O3. The highest BCUT2D eigenvalue weighted by atomic mass is 16.5. The summed E-state index contributed by atoms with van der Waals surface area (Å²) in [4.78, 5) is 24.3. The molecule has 1 rings (SSSR count). The molecule has 1 aliphatic carbocycles. The number of carbonyl (C=O) groups excluding carboxylic acids is 2. The Morgan fingerprint density at radius 1 is 1.53 bits per heavy atom. The Kier molecular flexibility index (Phi) is 4.08. The third-order valence-corrected chi connectivity index (χ3v) is 2.57. The van der Waals surface area contributed by atoms with E-state index in [1.54, 1.807) is 18.9 Å². The molecule has 5 nitrogen and oxygen atoms in total. The number of carbonyl (C=O) groups is 2. The van der Waals surface area contributed by atoms with Crippen LogP contribution in [0.3, 0.4) is 0 Å². The van der Waals surface area contributed by atoms with E-state index in [-0.39, 0.29) is 24.5 Å². The monoisotopic (exact) mass is 214 g/mol. The Labute approximate surface area is 89.8 Å². The van der Waals surface area contributed by atoms with Gasteiger partial charge in [0.05, 0.1) is 19.7 Å². The molecule has 86 valence electrons. The average molecular weight is 214 g/mol. The van der Waals surface area contributed by atoms with Gasteiger partial charge in [0.2, 0.25) is 5.91 Å². The van der Waals surface area contributed by atoms with E-state index >= 15 is 0 Å². The molecule has 1 aliphatic rings. The second kappa shape index (κ2) is 5.11. The maximum absolute atomic E-state index is 11.6. The molecule has 1 saturated carbocycles. The van der Waals surface area contributed by atoms with E-state index in [1.165, 1.54) is 7.11 Å². The highest BCUT2D eigenvalue weighted by molar-refractivity contribution is 5.82. The summed E-state index contributed by atoms with van der Waals surface area (Å²) in [5, 5.41) is 2.89. The number of nitrogens with one attached hydrogen (secondary N) is 1. The third-order valence-electron chi connectivity index (χ3n) is 2.57. The molecule has 0 spiro atoms. The van der Waals surface area contributed by atoms with Crippen LogP contribution >= 0.6 is 0 Å². The maximum Gasteiger partial charge on any atom is 0.319 e. The number of methoxy groups -OCH3 is 1. The first kappa shape index (κ1) is 12.0. The predicted molar refractivity (Wildman–Crippen MR) is 55.3 cm³/mol. The molecule has 0 aliphatic heterocycles. The van der Waals surface area contributed by atoms with Crippen molar-refractivity contribution in [3.05, 3.63) is 0 Å². The number of esters is 1. The molecule has 0 heterocycles. The second-order valence-electron chi connectivity index (χ2n) is 3.95. The van der Waals surface area contributed by atoms with E-state index in [1.807, 2.05) is 0 Å². The summed E-state index contributed by atoms with van der Waals surface area (Å²) in [6.45, 7) is 1.91. The minimum absolute atomic E-state index is 0.0242. The van der Waals surface area contributed by atoms with Crippen LogP contribution in [0, 0.1) is 0 Å². The van der Waals surface area contributed by atoms with Crippen LogP contribution < -0.4 is 5.32 Å². The summed E-state index contributed by atoms with van der Waals surface area (Å²) in [7, 11) is 3.07. The molecule has 0 saturated heterocycles. The first-order valence-electron chi connectivity index (χ1n) is 5.12. The summed E-state index contributed by atoms with van der Waals surface area (Å²) in [5.41, 5.74) is 0. The first-order chi connectivity index (χ1) is 7.04. The SMILES string of the molecule is COC(=O)CN(C)C(C)C(=O)NC1CC1. The van der Waals surface area contributed by atoms with Crippen molar-refractivity contribution in [3.8, 4) is 0 Å². The number of rotatable bonds is 5. The van der Waals surface area contributed by atoms with Gasteiger partial charge in [0, 0.05) is 6.04 Å². The molecule has 5 heteroatoms. The standard InChI is InChI=1S/C10H18N2O3/c1-7(10(14)11-8-4-5-8)12(2)6-9(13)15-3/h7-8H,4-6H2,1-3H3,(H,11,14). The fourth-order valence-electron chi connectivity index (χ4n) is 1.15. The van der Waals surface area contributed by atoms with Crippen molar-refractivity contribution in [1.29, 1.82) is 0 Å². The fourth-order valence-corrected chi connectivity index (χ4v) is 1.15. The maximum atomic E-state index is 11.6. The Morgan fingerprint density at radius 2 is 2.13 bits per heavy atom. The van der Waals surface area contributed by atoms with Crippen molar-refractivity contribution in [3.63, 3.8) is 0 Å². The lowest BCUT2D eigenvalue weighted by molar-refractivity contribution is -0.142. The number of amides is 1.